The summed E-state index contributed by atoms with van der Waals surface area (Å²) in [5.74, 6) is 0. The van der Waals surface area contributed by atoms with Crippen molar-refractivity contribution in [2.24, 2.45) is 0 Å². The van der Waals surface area contributed by atoms with Crippen LogP contribution in [0.3, 0.4) is 0 Å². The van der Waals surface area contributed by atoms with Gasteiger partial charge in [0.15, 0.2) is 0 Å². The standard InChI is InChI=1S/C8H11FN4O2/c9-7-4-10-2-1-8(7)12-5-6(3-11-12)13(14)15/h3,5,7-8,10H,1-2,4H2/t7-,8+/m0/s1. The Balaban J connectivity index is 2.17. The molecule has 0 saturated carbocycles. The van der Waals surface area contributed by atoms with Crippen molar-refractivity contribution in [2.45, 2.75) is 18.6 Å². The van der Waals surface area contributed by atoms with Crippen LogP contribution in [0.1, 0.15) is 12.5 Å². The van der Waals surface area contributed by atoms with Gasteiger partial charge in [-0.15, -0.1) is 0 Å². The zero-order valence-corrected chi connectivity index (χ0v) is 7.97. The summed E-state index contributed by atoms with van der Waals surface area (Å²) in [7, 11) is 0. The van der Waals surface area contributed by atoms with Crippen molar-refractivity contribution in [3.63, 3.8) is 0 Å². The van der Waals surface area contributed by atoms with Gasteiger partial charge in [-0.25, -0.2) is 4.39 Å². The Hall–Kier alpha value is -1.50. The van der Waals surface area contributed by atoms with Crippen molar-refractivity contribution in [2.75, 3.05) is 13.1 Å². The quantitative estimate of drug-likeness (QED) is 0.580. The number of piperidine rings is 1. The lowest BCUT2D eigenvalue weighted by Gasteiger charge is -2.26. The van der Waals surface area contributed by atoms with Crippen LogP contribution in [0.15, 0.2) is 12.4 Å². The Morgan fingerprint density at radius 1 is 1.73 bits per heavy atom. The van der Waals surface area contributed by atoms with Crippen LogP contribution in [0.25, 0.3) is 0 Å². The van der Waals surface area contributed by atoms with Crippen LogP contribution in [0.2, 0.25) is 0 Å². The molecule has 1 aliphatic rings. The normalized spacial score (nSPS) is 26.5. The summed E-state index contributed by atoms with van der Waals surface area (Å²) in [6, 6.07) is -0.389. The van der Waals surface area contributed by atoms with Gasteiger partial charge in [0.2, 0.25) is 0 Å². The first-order valence-corrected chi connectivity index (χ1v) is 4.72. The molecule has 1 fully saturated rings. The molecule has 0 aliphatic carbocycles. The number of nitrogens with one attached hydrogen (secondary N) is 1. The minimum Gasteiger partial charge on any atom is -0.314 e. The highest BCUT2D eigenvalue weighted by atomic mass is 19.1. The summed E-state index contributed by atoms with van der Waals surface area (Å²) in [4.78, 5) is 9.89. The predicted molar refractivity (Wildman–Crippen MR) is 50.3 cm³/mol. The highest BCUT2D eigenvalue weighted by Crippen LogP contribution is 2.22. The number of hydrogen-bond donors (Lipinski definition) is 1. The summed E-state index contributed by atoms with van der Waals surface area (Å²) in [6.45, 7) is 0.983. The van der Waals surface area contributed by atoms with Gasteiger partial charge < -0.3 is 5.32 Å². The van der Waals surface area contributed by atoms with E-state index in [1.807, 2.05) is 0 Å². The fourth-order valence-electron chi connectivity index (χ4n) is 1.71. The van der Waals surface area contributed by atoms with Crippen molar-refractivity contribution in [1.29, 1.82) is 0 Å². The number of rotatable bonds is 2. The smallest absolute Gasteiger partial charge is 0.307 e. The fraction of sp³-hybridized carbons (Fsp3) is 0.625. The van der Waals surface area contributed by atoms with Crippen LogP contribution in [-0.2, 0) is 0 Å². The van der Waals surface area contributed by atoms with Crippen molar-refractivity contribution in [3.05, 3.63) is 22.5 Å². The van der Waals surface area contributed by atoms with Crippen molar-refractivity contribution >= 4 is 5.69 Å². The minimum atomic E-state index is -1.04. The van der Waals surface area contributed by atoms with Crippen LogP contribution in [0.4, 0.5) is 10.1 Å². The molecule has 1 aromatic heterocycles. The van der Waals surface area contributed by atoms with E-state index in [1.54, 1.807) is 0 Å². The average Bonchev–Trinajstić information content (AvgIpc) is 2.67. The van der Waals surface area contributed by atoms with E-state index in [-0.39, 0.29) is 18.3 Å². The van der Waals surface area contributed by atoms with Gasteiger partial charge in [0.1, 0.15) is 18.6 Å². The van der Waals surface area contributed by atoms with Gasteiger partial charge in [0.05, 0.1) is 11.0 Å². The molecule has 82 valence electrons. The summed E-state index contributed by atoms with van der Waals surface area (Å²) < 4.78 is 14.8. The van der Waals surface area contributed by atoms with Gasteiger partial charge in [0.25, 0.3) is 0 Å². The summed E-state index contributed by atoms with van der Waals surface area (Å²) >= 11 is 0. The number of aromatic nitrogens is 2. The van der Waals surface area contributed by atoms with Gasteiger partial charge in [-0.05, 0) is 13.0 Å². The van der Waals surface area contributed by atoms with Crippen LogP contribution in [-0.4, -0.2) is 34.0 Å². The Morgan fingerprint density at radius 3 is 3.13 bits per heavy atom. The minimum absolute atomic E-state index is 0.0965. The van der Waals surface area contributed by atoms with E-state index in [9.17, 15) is 14.5 Å². The third-order valence-electron chi connectivity index (χ3n) is 2.51. The molecule has 7 heteroatoms. The van der Waals surface area contributed by atoms with E-state index in [2.05, 4.69) is 10.4 Å². The van der Waals surface area contributed by atoms with Gasteiger partial charge in [0, 0.05) is 6.54 Å². The number of halogens is 1. The highest BCUT2D eigenvalue weighted by Gasteiger charge is 2.27. The topological polar surface area (TPSA) is 73.0 Å². The molecule has 0 radical (unpaired) electrons. The Kier molecular flexibility index (Phi) is 2.63. The molecule has 0 spiro atoms. The molecule has 0 bridgehead atoms. The second-order valence-electron chi connectivity index (χ2n) is 3.51. The van der Waals surface area contributed by atoms with E-state index in [4.69, 9.17) is 0 Å². The average molecular weight is 214 g/mol. The molecule has 1 N–H and O–H groups in total. The zero-order chi connectivity index (χ0) is 10.8. The zero-order valence-electron chi connectivity index (χ0n) is 7.97. The molecule has 2 atom stereocenters. The SMILES string of the molecule is O=[N+]([O-])c1cnn([C@@H]2CCNC[C@@H]2F)c1. The maximum Gasteiger partial charge on any atom is 0.307 e. The molecular formula is C8H11FN4O2. The molecule has 0 aromatic carbocycles. The van der Waals surface area contributed by atoms with Crippen LogP contribution in [0, 0.1) is 10.1 Å². The van der Waals surface area contributed by atoms with Crippen molar-refractivity contribution in [1.82, 2.24) is 15.1 Å². The lowest BCUT2D eigenvalue weighted by atomic mass is 10.1. The molecule has 0 unspecified atom stereocenters. The molecule has 1 aliphatic heterocycles. The molecule has 1 saturated heterocycles. The third-order valence-corrected chi connectivity index (χ3v) is 2.51. The molecular weight excluding hydrogens is 203 g/mol. The lowest BCUT2D eigenvalue weighted by Crippen LogP contribution is -2.39. The molecule has 2 rings (SSSR count). The maximum absolute atomic E-state index is 13.5. The largest absolute Gasteiger partial charge is 0.314 e. The van der Waals surface area contributed by atoms with Crippen molar-refractivity contribution < 1.29 is 9.31 Å². The van der Waals surface area contributed by atoms with Gasteiger partial charge in [-0.2, -0.15) is 5.10 Å². The first kappa shape index (κ1) is 10.0. The fourth-order valence-corrected chi connectivity index (χ4v) is 1.71. The van der Waals surface area contributed by atoms with E-state index in [1.165, 1.54) is 10.9 Å². The molecule has 1 aromatic rings. The second kappa shape index (κ2) is 3.93. The number of nitrogens with zero attached hydrogens (tertiary/aromatic N) is 3. The molecule has 6 nitrogen and oxygen atoms in total. The predicted octanol–water partition coefficient (Wildman–Crippen LogP) is 0.664. The van der Waals surface area contributed by atoms with Crippen LogP contribution >= 0.6 is 0 Å². The van der Waals surface area contributed by atoms with E-state index in [0.29, 0.717) is 13.0 Å². The van der Waals surface area contributed by atoms with Gasteiger partial charge in [-0.1, -0.05) is 0 Å². The molecule has 15 heavy (non-hydrogen) atoms. The first-order chi connectivity index (χ1) is 7.18. The Labute approximate surface area is 85.2 Å². The lowest BCUT2D eigenvalue weighted by molar-refractivity contribution is -0.385. The maximum atomic E-state index is 13.5. The van der Waals surface area contributed by atoms with Gasteiger partial charge >= 0.3 is 5.69 Å². The molecule has 2 heterocycles. The van der Waals surface area contributed by atoms with E-state index < -0.39 is 11.1 Å². The van der Waals surface area contributed by atoms with Crippen LogP contribution < -0.4 is 5.32 Å². The first-order valence-electron chi connectivity index (χ1n) is 4.72. The second-order valence-corrected chi connectivity index (χ2v) is 3.51. The number of nitro groups is 1. The van der Waals surface area contributed by atoms with Crippen molar-refractivity contribution in [3.8, 4) is 0 Å². The van der Waals surface area contributed by atoms with E-state index >= 15 is 0 Å². The van der Waals surface area contributed by atoms with Gasteiger partial charge in [-0.3, -0.25) is 14.8 Å². The Bertz CT molecular complexity index is 367. The number of alkyl halides is 1. The molecule has 0 amide bonds. The van der Waals surface area contributed by atoms with Crippen LogP contribution in [0.5, 0.6) is 0 Å². The summed E-state index contributed by atoms with van der Waals surface area (Å²) in [6.07, 6.45) is 1.98. The Morgan fingerprint density at radius 2 is 2.53 bits per heavy atom. The third kappa shape index (κ3) is 1.96. The highest BCUT2D eigenvalue weighted by molar-refractivity contribution is 5.21. The van der Waals surface area contributed by atoms with E-state index in [0.717, 1.165) is 6.20 Å². The summed E-state index contributed by atoms with van der Waals surface area (Å²) in [5.41, 5.74) is -0.0965. The summed E-state index contributed by atoms with van der Waals surface area (Å²) in [5, 5.41) is 17.2. The monoisotopic (exact) mass is 214 g/mol. The number of hydrogen-bond acceptors (Lipinski definition) is 4.